The molecule has 0 saturated carbocycles. The van der Waals surface area contributed by atoms with E-state index in [1.165, 1.54) is 25.7 Å². The Morgan fingerprint density at radius 1 is 1.21 bits per heavy atom. The molecule has 2 amide bonds. The number of fused-ring (bicyclic) bond motifs is 1. The number of alkyl halides is 3. The van der Waals surface area contributed by atoms with E-state index in [1.54, 1.807) is 32.2 Å². The molecular formula is C22H25F3N6O3. The van der Waals surface area contributed by atoms with Gasteiger partial charge < -0.3 is 26.1 Å². The van der Waals surface area contributed by atoms with Gasteiger partial charge in [0.15, 0.2) is 0 Å². The number of hydrogen-bond acceptors (Lipinski definition) is 6. The van der Waals surface area contributed by atoms with E-state index in [9.17, 15) is 22.8 Å². The molecule has 0 saturated heterocycles. The fraction of sp³-hybridized carbons (Fsp3) is 0.364. The number of hydrogen-bond donors (Lipinski definition) is 4. The number of aromatic nitrogens is 3. The summed E-state index contributed by atoms with van der Waals surface area (Å²) in [4.78, 5) is 36.1. The van der Waals surface area contributed by atoms with Crippen LogP contribution in [0.5, 0.6) is 0 Å². The van der Waals surface area contributed by atoms with E-state index < -0.39 is 30.1 Å². The van der Waals surface area contributed by atoms with Crippen LogP contribution in [0.25, 0.3) is 22.2 Å². The van der Waals surface area contributed by atoms with E-state index in [1.807, 2.05) is 5.32 Å². The van der Waals surface area contributed by atoms with Gasteiger partial charge in [0, 0.05) is 47.8 Å². The quantitative estimate of drug-likeness (QED) is 0.393. The predicted octanol–water partition coefficient (Wildman–Crippen LogP) is 2.70. The van der Waals surface area contributed by atoms with Crippen molar-refractivity contribution in [2.45, 2.75) is 25.6 Å². The molecule has 0 bridgehead atoms. The van der Waals surface area contributed by atoms with E-state index in [4.69, 9.17) is 10.5 Å². The highest BCUT2D eigenvalue weighted by molar-refractivity contribution is 5.98. The van der Waals surface area contributed by atoms with Gasteiger partial charge in [0.25, 0.3) is 0 Å². The molecule has 12 heteroatoms. The molecule has 0 aliphatic heterocycles. The van der Waals surface area contributed by atoms with Gasteiger partial charge in [-0.3, -0.25) is 14.6 Å². The summed E-state index contributed by atoms with van der Waals surface area (Å²) in [6, 6.07) is 3.32. The number of nitrogens with two attached hydrogens (primary N) is 1. The Hall–Kier alpha value is -3.51. The average Bonchev–Trinajstić information content (AvgIpc) is 3.19. The number of methoxy groups -OCH3 is 1. The van der Waals surface area contributed by atoms with Crippen LogP contribution in [-0.4, -0.2) is 53.2 Å². The van der Waals surface area contributed by atoms with Gasteiger partial charge in [-0.25, -0.2) is 4.98 Å². The Morgan fingerprint density at radius 3 is 2.59 bits per heavy atom. The van der Waals surface area contributed by atoms with Crippen molar-refractivity contribution in [2.24, 2.45) is 11.7 Å². The standard InChI is InChI=1S/C22H25F3N6O3/c1-12(2)22(26,20(33)30-11-21(23,24)25)14-4-13(6-27-7-14)17-9-29-19-16(17)5-15(8-28-19)31-18(32)10-34-3/h4-9,12H,10-11,26H2,1-3H3,(H,28,29)(H,30,33)(H,31,32). The maximum atomic E-state index is 12.7. The number of anilines is 1. The summed E-state index contributed by atoms with van der Waals surface area (Å²) in [5, 5.41) is 5.21. The van der Waals surface area contributed by atoms with E-state index >= 15 is 0 Å². The number of amides is 2. The maximum absolute atomic E-state index is 12.7. The molecule has 0 spiro atoms. The van der Waals surface area contributed by atoms with Crippen LogP contribution in [-0.2, 0) is 19.9 Å². The summed E-state index contributed by atoms with van der Waals surface area (Å²) in [6.45, 7) is 1.68. The highest BCUT2D eigenvalue weighted by Crippen LogP contribution is 2.33. The molecule has 1 atom stereocenters. The molecule has 0 aromatic carbocycles. The third-order valence-electron chi connectivity index (χ3n) is 5.35. The van der Waals surface area contributed by atoms with Crippen LogP contribution in [0.4, 0.5) is 18.9 Å². The Bertz CT molecular complexity index is 1190. The zero-order chi connectivity index (χ0) is 25.1. The molecule has 0 fully saturated rings. The molecule has 1 unspecified atom stereocenters. The van der Waals surface area contributed by atoms with Gasteiger partial charge in [-0.2, -0.15) is 13.2 Å². The van der Waals surface area contributed by atoms with Gasteiger partial charge in [-0.05, 0) is 18.1 Å². The lowest BCUT2D eigenvalue weighted by Gasteiger charge is -2.32. The first-order valence-corrected chi connectivity index (χ1v) is 10.3. The van der Waals surface area contributed by atoms with Crippen molar-refractivity contribution < 1.29 is 27.5 Å². The summed E-state index contributed by atoms with van der Waals surface area (Å²) < 4.78 is 42.8. The largest absolute Gasteiger partial charge is 0.405 e. The summed E-state index contributed by atoms with van der Waals surface area (Å²) in [7, 11) is 1.41. The predicted molar refractivity (Wildman–Crippen MR) is 120 cm³/mol. The first-order chi connectivity index (χ1) is 16.0. The second-order valence-electron chi connectivity index (χ2n) is 8.09. The highest BCUT2D eigenvalue weighted by Gasteiger charge is 2.41. The number of H-pyrrole nitrogens is 1. The number of ether oxygens (including phenoxy) is 1. The van der Waals surface area contributed by atoms with Crippen LogP contribution in [0, 0.1) is 5.92 Å². The third kappa shape index (κ3) is 5.34. The van der Waals surface area contributed by atoms with Gasteiger partial charge in [0.1, 0.15) is 24.3 Å². The topological polar surface area (TPSA) is 135 Å². The molecular weight excluding hydrogens is 453 g/mol. The zero-order valence-corrected chi connectivity index (χ0v) is 18.8. The lowest BCUT2D eigenvalue weighted by atomic mass is 9.80. The molecule has 0 radical (unpaired) electrons. The van der Waals surface area contributed by atoms with Crippen LogP contribution < -0.4 is 16.4 Å². The first-order valence-electron chi connectivity index (χ1n) is 10.3. The minimum atomic E-state index is -4.57. The van der Waals surface area contributed by atoms with Gasteiger partial charge in [0.2, 0.25) is 11.8 Å². The number of halogens is 3. The summed E-state index contributed by atoms with van der Waals surface area (Å²) in [5.74, 6) is -1.84. The van der Waals surface area contributed by atoms with E-state index in [0.717, 1.165) is 0 Å². The number of nitrogens with one attached hydrogen (secondary N) is 3. The summed E-state index contributed by atoms with van der Waals surface area (Å²) in [6.07, 6.45) is 1.49. The van der Waals surface area contributed by atoms with Gasteiger partial charge in [-0.15, -0.1) is 0 Å². The number of carbonyl (C=O) groups excluding carboxylic acids is 2. The van der Waals surface area contributed by atoms with Crippen LogP contribution in [0.2, 0.25) is 0 Å². The molecule has 3 rings (SSSR count). The minimum Gasteiger partial charge on any atom is -0.375 e. The summed E-state index contributed by atoms with van der Waals surface area (Å²) in [5.41, 5.74) is 7.08. The first kappa shape index (κ1) is 25.1. The van der Waals surface area contributed by atoms with E-state index in [2.05, 4.69) is 20.3 Å². The molecule has 0 aliphatic rings. The van der Waals surface area contributed by atoms with Crippen molar-refractivity contribution in [1.82, 2.24) is 20.3 Å². The van der Waals surface area contributed by atoms with Crippen molar-refractivity contribution in [2.75, 3.05) is 25.6 Å². The monoisotopic (exact) mass is 478 g/mol. The fourth-order valence-electron chi connectivity index (χ4n) is 3.51. The summed E-state index contributed by atoms with van der Waals surface area (Å²) >= 11 is 0. The van der Waals surface area contributed by atoms with Gasteiger partial charge >= 0.3 is 6.18 Å². The molecule has 3 aromatic rings. The number of pyridine rings is 2. The van der Waals surface area contributed by atoms with Crippen molar-refractivity contribution in [3.63, 3.8) is 0 Å². The molecule has 34 heavy (non-hydrogen) atoms. The Morgan fingerprint density at radius 2 is 1.94 bits per heavy atom. The van der Waals surface area contributed by atoms with Crippen LogP contribution in [0.3, 0.4) is 0 Å². The third-order valence-corrected chi connectivity index (χ3v) is 5.35. The van der Waals surface area contributed by atoms with E-state index in [0.29, 0.717) is 27.8 Å². The highest BCUT2D eigenvalue weighted by atomic mass is 19.4. The van der Waals surface area contributed by atoms with Crippen LogP contribution in [0.15, 0.2) is 36.9 Å². The molecule has 0 aliphatic carbocycles. The van der Waals surface area contributed by atoms with Crippen molar-refractivity contribution in [1.29, 1.82) is 0 Å². The SMILES string of the molecule is COCC(=O)Nc1cnc2[nH]cc(-c3cncc(C(N)(C(=O)NCC(F)(F)F)C(C)C)c3)c2c1. The lowest BCUT2D eigenvalue weighted by molar-refractivity contribution is -0.143. The second kappa shape index (κ2) is 9.77. The lowest BCUT2D eigenvalue weighted by Crippen LogP contribution is -2.56. The van der Waals surface area contributed by atoms with Crippen molar-refractivity contribution in [3.05, 3.63) is 42.5 Å². The second-order valence-corrected chi connectivity index (χ2v) is 8.09. The molecule has 9 nitrogen and oxygen atoms in total. The van der Waals surface area contributed by atoms with Crippen molar-refractivity contribution >= 4 is 28.5 Å². The average molecular weight is 478 g/mol. The normalized spacial score (nSPS) is 13.6. The minimum absolute atomic E-state index is 0.117. The Kier molecular flexibility index (Phi) is 7.22. The fourth-order valence-corrected chi connectivity index (χ4v) is 3.51. The van der Waals surface area contributed by atoms with Crippen LogP contribution >= 0.6 is 0 Å². The molecule has 5 N–H and O–H groups in total. The smallest absolute Gasteiger partial charge is 0.375 e. The Balaban J connectivity index is 1.99. The van der Waals surface area contributed by atoms with Crippen molar-refractivity contribution in [3.8, 4) is 11.1 Å². The maximum Gasteiger partial charge on any atom is 0.405 e. The number of aromatic amines is 1. The number of nitrogens with zero attached hydrogens (tertiary/aromatic N) is 2. The van der Waals surface area contributed by atoms with Gasteiger partial charge in [0.05, 0.1) is 11.9 Å². The zero-order valence-electron chi connectivity index (χ0n) is 18.8. The molecule has 3 heterocycles. The molecule has 182 valence electrons. The van der Waals surface area contributed by atoms with E-state index in [-0.39, 0.29) is 18.1 Å². The number of carbonyl (C=O) groups is 2. The Labute approximate surface area is 193 Å². The molecule has 3 aromatic heterocycles. The van der Waals surface area contributed by atoms with Gasteiger partial charge in [-0.1, -0.05) is 13.8 Å². The number of rotatable bonds is 8. The van der Waals surface area contributed by atoms with Crippen LogP contribution in [0.1, 0.15) is 19.4 Å².